The van der Waals surface area contributed by atoms with Gasteiger partial charge in [-0.3, -0.25) is 9.69 Å². The lowest BCUT2D eigenvalue weighted by atomic mass is 10.1. The van der Waals surface area contributed by atoms with Crippen molar-refractivity contribution >= 4 is 34.8 Å². The fourth-order valence-electron chi connectivity index (χ4n) is 3.09. The highest BCUT2D eigenvalue weighted by molar-refractivity contribution is 6.36. The first-order valence-electron chi connectivity index (χ1n) is 8.84. The number of hydrogen-bond donors (Lipinski definition) is 1. The summed E-state index contributed by atoms with van der Waals surface area (Å²) >= 11 is 12.0. The highest BCUT2D eigenvalue weighted by atomic mass is 35.5. The monoisotopic (exact) mass is 391 g/mol. The normalized spacial score (nSPS) is 15.8. The zero-order valence-corrected chi connectivity index (χ0v) is 16.1. The smallest absolute Gasteiger partial charge is 0.238 e. The number of rotatable bonds is 6. The Morgan fingerprint density at radius 3 is 2.35 bits per heavy atom. The molecule has 0 radical (unpaired) electrons. The predicted molar refractivity (Wildman–Crippen MR) is 108 cm³/mol. The van der Waals surface area contributed by atoms with Crippen LogP contribution in [0.1, 0.15) is 5.56 Å². The molecule has 1 heterocycles. The number of nitrogens with one attached hydrogen (secondary N) is 1. The molecule has 4 nitrogen and oxygen atoms in total. The van der Waals surface area contributed by atoms with E-state index in [0.29, 0.717) is 22.3 Å². The van der Waals surface area contributed by atoms with Crippen LogP contribution >= 0.6 is 23.2 Å². The Hall–Kier alpha value is -1.59. The summed E-state index contributed by atoms with van der Waals surface area (Å²) in [6, 6.07) is 15.6. The van der Waals surface area contributed by atoms with E-state index in [0.717, 1.165) is 39.1 Å². The zero-order valence-electron chi connectivity index (χ0n) is 14.6. The van der Waals surface area contributed by atoms with Crippen LogP contribution in [0, 0.1) is 0 Å². The molecule has 0 unspecified atom stereocenters. The maximum Gasteiger partial charge on any atom is 0.238 e. The molecule has 2 aromatic rings. The summed E-state index contributed by atoms with van der Waals surface area (Å²) in [5, 5.41) is 3.87. The average Bonchev–Trinajstić information content (AvgIpc) is 2.64. The number of carbonyl (C=O) groups is 1. The molecule has 1 aliphatic rings. The third-order valence-electron chi connectivity index (χ3n) is 4.60. The number of anilines is 1. The van der Waals surface area contributed by atoms with Crippen molar-refractivity contribution in [1.82, 2.24) is 9.80 Å². The van der Waals surface area contributed by atoms with E-state index in [-0.39, 0.29) is 5.91 Å². The highest BCUT2D eigenvalue weighted by Crippen LogP contribution is 2.25. The maximum atomic E-state index is 12.3. The van der Waals surface area contributed by atoms with Gasteiger partial charge in [0, 0.05) is 37.7 Å². The molecule has 0 saturated carbocycles. The average molecular weight is 392 g/mol. The van der Waals surface area contributed by atoms with E-state index >= 15 is 0 Å². The second-order valence-corrected chi connectivity index (χ2v) is 7.37. The molecule has 0 spiro atoms. The van der Waals surface area contributed by atoms with Crippen molar-refractivity contribution in [3.8, 4) is 0 Å². The summed E-state index contributed by atoms with van der Waals surface area (Å²) in [4.78, 5) is 16.9. The van der Waals surface area contributed by atoms with Crippen LogP contribution in [0.3, 0.4) is 0 Å². The van der Waals surface area contributed by atoms with Gasteiger partial charge in [-0.05, 0) is 30.2 Å². The Morgan fingerprint density at radius 1 is 0.962 bits per heavy atom. The maximum absolute atomic E-state index is 12.3. The van der Waals surface area contributed by atoms with E-state index in [1.54, 1.807) is 18.2 Å². The summed E-state index contributed by atoms with van der Waals surface area (Å²) < 4.78 is 0. The van der Waals surface area contributed by atoms with Crippen LogP contribution in [0.5, 0.6) is 0 Å². The molecule has 1 fully saturated rings. The number of nitrogens with zero attached hydrogens (tertiary/aromatic N) is 2. The minimum atomic E-state index is -0.0491. The van der Waals surface area contributed by atoms with E-state index in [2.05, 4.69) is 39.4 Å². The van der Waals surface area contributed by atoms with Gasteiger partial charge in [-0.1, -0.05) is 53.5 Å². The van der Waals surface area contributed by atoms with E-state index < -0.39 is 0 Å². The van der Waals surface area contributed by atoms with Crippen molar-refractivity contribution in [2.75, 3.05) is 44.6 Å². The first-order valence-corrected chi connectivity index (χ1v) is 9.59. The van der Waals surface area contributed by atoms with Gasteiger partial charge in [-0.2, -0.15) is 0 Å². The largest absolute Gasteiger partial charge is 0.324 e. The van der Waals surface area contributed by atoms with Gasteiger partial charge in [-0.25, -0.2) is 0 Å². The van der Waals surface area contributed by atoms with Crippen molar-refractivity contribution in [2.45, 2.75) is 6.42 Å². The van der Waals surface area contributed by atoms with Crippen LogP contribution in [0.4, 0.5) is 5.69 Å². The highest BCUT2D eigenvalue weighted by Gasteiger charge is 2.19. The van der Waals surface area contributed by atoms with Crippen LogP contribution in [0.25, 0.3) is 0 Å². The lowest BCUT2D eigenvalue weighted by Gasteiger charge is -2.34. The number of benzene rings is 2. The fraction of sp³-hybridized carbons (Fsp3) is 0.350. The Kier molecular flexibility index (Phi) is 6.92. The Bertz CT molecular complexity index is 731. The molecule has 1 aliphatic heterocycles. The van der Waals surface area contributed by atoms with Gasteiger partial charge in [0.1, 0.15) is 0 Å². The first-order chi connectivity index (χ1) is 12.6. The lowest BCUT2D eigenvalue weighted by molar-refractivity contribution is -0.117. The number of amides is 1. The summed E-state index contributed by atoms with van der Waals surface area (Å²) in [5.41, 5.74) is 1.97. The molecular weight excluding hydrogens is 369 g/mol. The molecule has 6 heteroatoms. The van der Waals surface area contributed by atoms with E-state index in [4.69, 9.17) is 23.2 Å². The quantitative estimate of drug-likeness (QED) is 0.813. The Morgan fingerprint density at radius 2 is 1.65 bits per heavy atom. The van der Waals surface area contributed by atoms with E-state index in [9.17, 15) is 4.79 Å². The summed E-state index contributed by atoms with van der Waals surface area (Å²) in [7, 11) is 0. The van der Waals surface area contributed by atoms with Crippen LogP contribution in [-0.2, 0) is 11.2 Å². The SMILES string of the molecule is O=C(CN1CCN(CCc2ccccc2)CC1)Nc1ccc(Cl)cc1Cl. The summed E-state index contributed by atoms with van der Waals surface area (Å²) in [6.07, 6.45) is 1.07. The molecule has 138 valence electrons. The number of hydrogen-bond acceptors (Lipinski definition) is 3. The molecule has 0 bridgehead atoms. The molecule has 2 aromatic carbocycles. The van der Waals surface area contributed by atoms with Gasteiger partial charge in [0.15, 0.2) is 0 Å². The molecule has 1 saturated heterocycles. The molecule has 1 amide bonds. The minimum Gasteiger partial charge on any atom is -0.324 e. The molecule has 0 aromatic heterocycles. The van der Waals surface area contributed by atoms with Gasteiger partial charge in [-0.15, -0.1) is 0 Å². The lowest BCUT2D eigenvalue weighted by Crippen LogP contribution is -2.49. The van der Waals surface area contributed by atoms with Crippen LogP contribution in [0.2, 0.25) is 10.0 Å². The van der Waals surface area contributed by atoms with Crippen molar-refractivity contribution in [3.63, 3.8) is 0 Å². The molecule has 0 aliphatic carbocycles. The van der Waals surface area contributed by atoms with Crippen molar-refractivity contribution < 1.29 is 4.79 Å². The topological polar surface area (TPSA) is 35.6 Å². The number of carbonyl (C=O) groups excluding carboxylic acids is 1. The van der Waals surface area contributed by atoms with Crippen LogP contribution in [0.15, 0.2) is 48.5 Å². The van der Waals surface area contributed by atoms with Gasteiger partial charge in [0.05, 0.1) is 17.3 Å². The Labute approximate surface area is 164 Å². The Balaban J connectivity index is 1.40. The summed E-state index contributed by atoms with van der Waals surface area (Å²) in [5.74, 6) is -0.0491. The van der Waals surface area contributed by atoms with Crippen molar-refractivity contribution in [2.24, 2.45) is 0 Å². The van der Waals surface area contributed by atoms with Crippen molar-refractivity contribution in [3.05, 3.63) is 64.1 Å². The first kappa shape index (κ1) is 19.2. The van der Waals surface area contributed by atoms with Crippen LogP contribution in [-0.4, -0.2) is 55.0 Å². The van der Waals surface area contributed by atoms with Gasteiger partial charge in [0.25, 0.3) is 0 Å². The predicted octanol–water partition coefficient (Wildman–Crippen LogP) is 3.79. The summed E-state index contributed by atoms with van der Waals surface area (Å²) in [6.45, 7) is 5.21. The molecule has 0 atom stereocenters. The number of halogens is 2. The second kappa shape index (κ2) is 9.38. The van der Waals surface area contributed by atoms with Gasteiger partial charge < -0.3 is 10.2 Å². The molecule has 1 N–H and O–H groups in total. The third-order valence-corrected chi connectivity index (χ3v) is 5.14. The molecule has 3 rings (SSSR count). The second-order valence-electron chi connectivity index (χ2n) is 6.53. The zero-order chi connectivity index (χ0) is 18.4. The molecule has 26 heavy (non-hydrogen) atoms. The van der Waals surface area contributed by atoms with E-state index in [1.165, 1.54) is 5.56 Å². The van der Waals surface area contributed by atoms with Gasteiger partial charge >= 0.3 is 0 Å². The minimum absolute atomic E-state index is 0.0491. The van der Waals surface area contributed by atoms with Crippen LogP contribution < -0.4 is 5.32 Å². The van der Waals surface area contributed by atoms with Gasteiger partial charge in [0.2, 0.25) is 5.91 Å². The standard InChI is InChI=1S/C20H23Cl2N3O/c21-17-6-7-19(18(22)14-17)23-20(26)15-25-12-10-24(11-13-25)9-8-16-4-2-1-3-5-16/h1-7,14H,8-13,15H2,(H,23,26). The van der Waals surface area contributed by atoms with Crippen molar-refractivity contribution in [1.29, 1.82) is 0 Å². The third kappa shape index (κ3) is 5.71. The fourth-order valence-corrected chi connectivity index (χ4v) is 3.54. The van der Waals surface area contributed by atoms with E-state index in [1.807, 2.05) is 6.07 Å². The molecular formula is C20H23Cl2N3O. The number of piperazine rings is 1.